The van der Waals surface area contributed by atoms with Crippen LogP contribution < -0.4 is 5.32 Å². The van der Waals surface area contributed by atoms with Crippen molar-refractivity contribution in [2.45, 2.75) is 53.5 Å². The van der Waals surface area contributed by atoms with Crippen LogP contribution in [0.1, 0.15) is 47.5 Å². The van der Waals surface area contributed by atoms with Crippen LogP contribution in [0, 0.1) is 11.3 Å². The van der Waals surface area contributed by atoms with Crippen molar-refractivity contribution in [3.63, 3.8) is 0 Å². The van der Waals surface area contributed by atoms with E-state index in [-0.39, 0.29) is 23.8 Å². The minimum atomic E-state index is -0.396. The SMILES string of the molecule is CCCC(C)CN1CC(=O)NC(C(C)(C)C)C1=O. The van der Waals surface area contributed by atoms with Crippen molar-refractivity contribution in [3.05, 3.63) is 0 Å². The van der Waals surface area contributed by atoms with Gasteiger partial charge in [-0.15, -0.1) is 0 Å². The van der Waals surface area contributed by atoms with E-state index in [0.717, 1.165) is 12.8 Å². The van der Waals surface area contributed by atoms with E-state index < -0.39 is 6.04 Å². The van der Waals surface area contributed by atoms with Gasteiger partial charge in [-0.05, 0) is 17.8 Å². The summed E-state index contributed by atoms with van der Waals surface area (Å²) in [7, 11) is 0. The summed E-state index contributed by atoms with van der Waals surface area (Å²) in [5.74, 6) is 0.466. The van der Waals surface area contributed by atoms with Crippen molar-refractivity contribution in [2.24, 2.45) is 11.3 Å². The van der Waals surface area contributed by atoms with Crippen molar-refractivity contribution >= 4 is 11.8 Å². The molecular formula is C14H26N2O2. The van der Waals surface area contributed by atoms with Crippen LogP contribution in [-0.2, 0) is 9.59 Å². The number of carbonyl (C=O) groups is 2. The van der Waals surface area contributed by atoms with Crippen LogP contribution in [-0.4, -0.2) is 35.8 Å². The number of carbonyl (C=O) groups excluding carboxylic acids is 2. The van der Waals surface area contributed by atoms with E-state index in [4.69, 9.17) is 0 Å². The number of nitrogens with one attached hydrogen (secondary N) is 1. The first-order chi connectivity index (χ1) is 8.25. The number of hydrogen-bond donors (Lipinski definition) is 1. The van der Waals surface area contributed by atoms with Crippen molar-refractivity contribution in [1.82, 2.24) is 10.2 Å². The Morgan fingerprint density at radius 2 is 2.00 bits per heavy atom. The smallest absolute Gasteiger partial charge is 0.246 e. The maximum Gasteiger partial charge on any atom is 0.246 e. The molecule has 1 aliphatic rings. The van der Waals surface area contributed by atoms with Crippen LogP contribution in [0.5, 0.6) is 0 Å². The Morgan fingerprint density at radius 1 is 1.39 bits per heavy atom. The zero-order valence-electron chi connectivity index (χ0n) is 12.2. The van der Waals surface area contributed by atoms with E-state index in [1.807, 2.05) is 20.8 Å². The fourth-order valence-corrected chi connectivity index (χ4v) is 2.40. The Balaban J connectivity index is 2.74. The first-order valence-electron chi connectivity index (χ1n) is 6.83. The van der Waals surface area contributed by atoms with Gasteiger partial charge in [-0.1, -0.05) is 41.0 Å². The van der Waals surface area contributed by atoms with Gasteiger partial charge in [-0.2, -0.15) is 0 Å². The number of rotatable bonds is 4. The molecule has 0 aromatic carbocycles. The maximum atomic E-state index is 12.4. The van der Waals surface area contributed by atoms with Crippen LogP contribution >= 0.6 is 0 Å². The molecule has 0 aliphatic carbocycles. The van der Waals surface area contributed by atoms with Crippen LogP contribution in [0.2, 0.25) is 0 Å². The second-order valence-corrected chi connectivity index (χ2v) is 6.48. The molecule has 1 saturated heterocycles. The lowest BCUT2D eigenvalue weighted by molar-refractivity contribution is -0.147. The zero-order chi connectivity index (χ0) is 13.9. The molecule has 0 aromatic rings. The molecule has 104 valence electrons. The number of piperazine rings is 1. The molecule has 1 rings (SSSR count). The fraction of sp³-hybridized carbons (Fsp3) is 0.857. The fourth-order valence-electron chi connectivity index (χ4n) is 2.40. The Bertz CT molecular complexity index is 320. The molecule has 1 heterocycles. The summed E-state index contributed by atoms with van der Waals surface area (Å²) in [5.41, 5.74) is -0.237. The lowest BCUT2D eigenvalue weighted by atomic mass is 9.84. The quantitative estimate of drug-likeness (QED) is 0.831. The number of amides is 2. The van der Waals surface area contributed by atoms with E-state index in [9.17, 15) is 9.59 Å². The summed E-state index contributed by atoms with van der Waals surface area (Å²) in [6.07, 6.45) is 2.20. The van der Waals surface area contributed by atoms with E-state index in [1.165, 1.54) is 0 Å². The van der Waals surface area contributed by atoms with Crippen LogP contribution in [0.15, 0.2) is 0 Å². The second-order valence-electron chi connectivity index (χ2n) is 6.48. The third-order valence-corrected chi connectivity index (χ3v) is 3.38. The van der Waals surface area contributed by atoms with Crippen LogP contribution in [0.3, 0.4) is 0 Å². The molecule has 2 amide bonds. The summed E-state index contributed by atoms with van der Waals surface area (Å²) in [6, 6.07) is -0.396. The third-order valence-electron chi connectivity index (χ3n) is 3.38. The highest BCUT2D eigenvalue weighted by Crippen LogP contribution is 2.24. The van der Waals surface area contributed by atoms with Gasteiger partial charge in [-0.3, -0.25) is 9.59 Å². The summed E-state index contributed by atoms with van der Waals surface area (Å²) in [6.45, 7) is 11.1. The Kier molecular flexibility index (Phi) is 4.77. The predicted molar refractivity (Wildman–Crippen MR) is 72.0 cm³/mol. The molecule has 4 heteroatoms. The van der Waals surface area contributed by atoms with Gasteiger partial charge >= 0.3 is 0 Å². The van der Waals surface area contributed by atoms with Gasteiger partial charge < -0.3 is 10.2 Å². The molecule has 0 spiro atoms. The molecule has 0 aromatic heterocycles. The predicted octanol–water partition coefficient (Wildman–Crippen LogP) is 1.80. The summed E-state index contributed by atoms with van der Waals surface area (Å²) >= 11 is 0. The summed E-state index contributed by atoms with van der Waals surface area (Å²) in [5, 5.41) is 2.81. The topological polar surface area (TPSA) is 49.4 Å². The minimum absolute atomic E-state index is 0.0433. The third kappa shape index (κ3) is 3.72. The van der Waals surface area contributed by atoms with Crippen molar-refractivity contribution < 1.29 is 9.59 Å². The molecule has 0 bridgehead atoms. The maximum absolute atomic E-state index is 12.4. The van der Waals surface area contributed by atoms with Gasteiger partial charge in [0.1, 0.15) is 6.04 Å². The first kappa shape index (κ1) is 15.0. The normalized spacial score (nSPS) is 22.9. The number of nitrogens with zero attached hydrogens (tertiary/aromatic N) is 1. The molecule has 1 fully saturated rings. The second kappa shape index (κ2) is 5.72. The Hall–Kier alpha value is -1.06. The average Bonchev–Trinajstić information content (AvgIpc) is 2.21. The highest BCUT2D eigenvalue weighted by molar-refractivity contribution is 5.95. The van der Waals surface area contributed by atoms with Crippen LogP contribution in [0.4, 0.5) is 0 Å². The van der Waals surface area contributed by atoms with E-state index in [1.54, 1.807) is 4.90 Å². The molecular weight excluding hydrogens is 228 g/mol. The molecule has 2 unspecified atom stereocenters. The lowest BCUT2D eigenvalue weighted by Crippen LogP contribution is -2.62. The minimum Gasteiger partial charge on any atom is -0.342 e. The van der Waals surface area contributed by atoms with Crippen molar-refractivity contribution in [1.29, 1.82) is 0 Å². The van der Waals surface area contributed by atoms with Gasteiger partial charge in [0.15, 0.2) is 0 Å². The summed E-state index contributed by atoms with van der Waals surface area (Å²) < 4.78 is 0. The Morgan fingerprint density at radius 3 is 2.50 bits per heavy atom. The number of hydrogen-bond acceptors (Lipinski definition) is 2. The average molecular weight is 254 g/mol. The lowest BCUT2D eigenvalue weighted by Gasteiger charge is -2.39. The molecule has 0 radical (unpaired) electrons. The van der Waals surface area contributed by atoms with Gasteiger partial charge in [0.05, 0.1) is 6.54 Å². The molecule has 2 atom stereocenters. The highest BCUT2D eigenvalue weighted by Gasteiger charge is 2.39. The monoisotopic (exact) mass is 254 g/mol. The van der Waals surface area contributed by atoms with Crippen LogP contribution in [0.25, 0.3) is 0 Å². The van der Waals surface area contributed by atoms with Gasteiger partial charge in [0, 0.05) is 6.54 Å². The standard InChI is InChI=1S/C14H26N2O2/c1-6-7-10(2)8-16-9-11(17)15-12(13(16)18)14(3,4)5/h10,12H,6-9H2,1-5H3,(H,15,17). The van der Waals surface area contributed by atoms with E-state index >= 15 is 0 Å². The Labute approximate surface area is 110 Å². The first-order valence-corrected chi connectivity index (χ1v) is 6.83. The van der Waals surface area contributed by atoms with Crippen molar-refractivity contribution in [3.8, 4) is 0 Å². The highest BCUT2D eigenvalue weighted by atomic mass is 16.2. The summed E-state index contributed by atoms with van der Waals surface area (Å²) in [4.78, 5) is 25.8. The molecule has 1 N–H and O–H groups in total. The molecule has 18 heavy (non-hydrogen) atoms. The van der Waals surface area contributed by atoms with E-state index in [0.29, 0.717) is 12.5 Å². The van der Waals surface area contributed by atoms with Crippen molar-refractivity contribution in [2.75, 3.05) is 13.1 Å². The largest absolute Gasteiger partial charge is 0.342 e. The zero-order valence-corrected chi connectivity index (χ0v) is 12.2. The van der Waals surface area contributed by atoms with Gasteiger partial charge in [0.25, 0.3) is 0 Å². The molecule has 1 aliphatic heterocycles. The van der Waals surface area contributed by atoms with Gasteiger partial charge in [0.2, 0.25) is 11.8 Å². The molecule has 4 nitrogen and oxygen atoms in total. The van der Waals surface area contributed by atoms with E-state index in [2.05, 4.69) is 19.2 Å². The van der Waals surface area contributed by atoms with Gasteiger partial charge in [-0.25, -0.2) is 0 Å². The molecule has 0 saturated carbocycles.